The van der Waals surface area contributed by atoms with Crippen molar-refractivity contribution in [2.24, 2.45) is 5.92 Å². The van der Waals surface area contributed by atoms with Crippen molar-refractivity contribution in [2.75, 3.05) is 5.32 Å². The Kier molecular flexibility index (Phi) is 7.22. The van der Waals surface area contributed by atoms with Crippen LogP contribution in [0.2, 0.25) is 15.1 Å². The molecule has 4 nitrogen and oxygen atoms in total. The summed E-state index contributed by atoms with van der Waals surface area (Å²) in [7, 11) is 0. The summed E-state index contributed by atoms with van der Waals surface area (Å²) in [6.07, 6.45) is 0.913. The Balaban J connectivity index is 1.75. The minimum atomic E-state index is -1.31. The van der Waals surface area contributed by atoms with Crippen LogP contribution in [0.25, 0.3) is 0 Å². The largest absolute Gasteiger partial charge is 0.326 e. The zero-order valence-electron chi connectivity index (χ0n) is 15.4. The zero-order chi connectivity index (χ0) is 22.1. The summed E-state index contributed by atoms with van der Waals surface area (Å²) < 4.78 is -1.31. The SMILES string of the molecule is N#CCCCC(=O)c1cc(NC(=O)C2C(c3cc(Cl)cc(Cl)c3)C2(Cl)Cl)ccc1Cl. The number of rotatable bonds is 7. The number of hydrogen-bond donors (Lipinski definition) is 1. The molecule has 0 saturated heterocycles. The summed E-state index contributed by atoms with van der Waals surface area (Å²) in [4.78, 5) is 25.2. The number of carbonyl (C=O) groups is 2. The maximum atomic E-state index is 12.8. The normalized spacial score (nSPS) is 19.1. The number of carbonyl (C=O) groups excluding carboxylic acids is 2. The first-order valence-electron chi connectivity index (χ1n) is 8.99. The van der Waals surface area contributed by atoms with Crippen LogP contribution in [0.3, 0.4) is 0 Å². The number of amides is 1. The van der Waals surface area contributed by atoms with Crippen molar-refractivity contribution in [3.63, 3.8) is 0 Å². The molecule has 0 spiro atoms. The van der Waals surface area contributed by atoms with Gasteiger partial charge in [-0.25, -0.2) is 0 Å². The number of benzene rings is 2. The average molecular weight is 505 g/mol. The molecule has 1 aliphatic rings. The molecule has 2 unspecified atom stereocenters. The topological polar surface area (TPSA) is 70.0 Å². The van der Waals surface area contributed by atoms with Crippen molar-refractivity contribution in [1.29, 1.82) is 5.26 Å². The smallest absolute Gasteiger partial charge is 0.231 e. The highest BCUT2D eigenvalue weighted by Crippen LogP contribution is 2.65. The highest BCUT2D eigenvalue weighted by molar-refractivity contribution is 6.53. The lowest BCUT2D eigenvalue weighted by atomic mass is 10.0. The van der Waals surface area contributed by atoms with Crippen molar-refractivity contribution in [3.05, 3.63) is 62.6 Å². The fourth-order valence-corrected chi connectivity index (χ4v) is 4.92. The molecule has 2 atom stereocenters. The number of Topliss-reactive ketones (excluding diaryl/α,β-unsaturated/α-hetero) is 1. The summed E-state index contributed by atoms with van der Waals surface area (Å²) in [6.45, 7) is 0. The molecule has 2 aromatic carbocycles. The first-order valence-corrected chi connectivity index (χ1v) is 10.9. The van der Waals surface area contributed by atoms with E-state index in [1.165, 1.54) is 12.1 Å². The van der Waals surface area contributed by atoms with Crippen molar-refractivity contribution >= 4 is 75.4 Å². The van der Waals surface area contributed by atoms with Gasteiger partial charge in [0, 0.05) is 40.1 Å². The van der Waals surface area contributed by atoms with Crippen LogP contribution in [0, 0.1) is 17.2 Å². The first-order chi connectivity index (χ1) is 14.1. The number of ketones is 1. The molecule has 0 aliphatic heterocycles. The molecule has 30 heavy (non-hydrogen) atoms. The minimum Gasteiger partial charge on any atom is -0.326 e. The third-order valence-electron chi connectivity index (χ3n) is 4.81. The lowest BCUT2D eigenvalue weighted by Crippen LogP contribution is -2.17. The number of anilines is 1. The lowest BCUT2D eigenvalue weighted by Gasteiger charge is -2.09. The van der Waals surface area contributed by atoms with Gasteiger partial charge in [0.25, 0.3) is 0 Å². The third kappa shape index (κ3) is 5.04. The summed E-state index contributed by atoms with van der Waals surface area (Å²) >= 11 is 31.0. The number of nitrogens with one attached hydrogen (secondary N) is 1. The predicted molar refractivity (Wildman–Crippen MR) is 121 cm³/mol. The quantitative estimate of drug-likeness (QED) is 0.250. The van der Waals surface area contributed by atoms with E-state index in [9.17, 15) is 9.59 Å². The van der Waals surface area contributed by atoms with E-state index in [1.54, 1.807) is 24.3 Å². The minimum absolute atomic E-state index is 0.192. The predicted octanol–water partition coefficient (Wildman–Crippen LogP) is 7.05. The van der Waals surface area contributed by atoms with Crippen LogP contribution >= 0.6 is 58.0 Å². The second kappa shape index (κ2) is 9.34. The Morgan fingerprint density at radius 3 is 2.37 bits per heavy atom. The van der Waals surface area contributed by atoms with Crippen LogP contribution in [0.4, 0.5) is 5.69 Å². The number of nitrogens with zero attached hydrogens (tertiary/aromatic N) is 1. The Bertz CT molecular complexity index is 1030. The highest BCUT2D eigenvalue weighted by Gasteiger charge is 2.67. The molecule has 156 valence electrons. The Morgan fingerprint density at radius 2 is 1.73 bits per heavy atom. The van der Waals surface area contributed by atoms with E-state index >= 15 is 0 Å². The van der Waals surface area contributed by atoms with Crippen molar-refractivity contribution in [1.82, 2.24) is 0 Å². The Labute approximate surface area is 199 Å². The Morgan fingerprint density at radius 1 is 1.07 bits per heavy atom. The van der Waals surface area contributed by atoms with Crippen LogP contribution in [0.5, 0.6) is 0 Å². The number of unbranched alkanes of at least 4 members (excludes halogenated alkanes) is 1. The third-order valence-corrected chi connectivity index (χ3v) is 6.51. The molecule has 1 fully saturated rings. The van der Waals surface area contributed by atoms with Gasteiger partial charge in [-0.05, 0) is 48.4 Å². The van der Waals surface area contributed by atoms with Crippen molar-refractivity contribution in [2.45, 2.75) is 29.5 Å². The molecule has 1 aliphatic carbocycles. The molecule has 3 rings (SSSR count). The van der Waals surface area contributed by atoms with Crippen molar-refractivity contribution < 1.29 is 9.59 Å². The van der Waals surface area contributed by atoms with Gasteiger partial charge >= 0.3 is 0 Å². The Hall–Kier alpha value is -1.48. The lowest BCUT2D eigenvalue weighted by molar-refractivity contribution is -0.117. The standard InChI is InChI=1S/C21H15Cl5N2O2/c22-12-7-11(8-13(23)9-12)18-19(21(18,25)26)20(30)28-14-4-5-16(24)15(10-14)17(29)3-1-2-6-27/h4-5,7-10,18-19H,1-3H2,(H,28,30). The second-order valence-corrected chi connectivity index (χ2v) is 9.68. The van der Waals surface area contributed by atoms with Crippen LogP contribution in [-0.2, 0) is 4.79 Å². The van der Waals surface area contributed by atoms with Crippen molar-refractivity contribution in [3.8, 4) is 6.07 Å². The fraction of sp³-hybridized carbons (Fsp3) is 0.286. The zero-order valence-corrected chi connectivity index (χ0v) is 19.2. The second-order valence-electron chi connectivity index (χ2n) is 6.95. The molecular formula is C21H15Cl5N2O2. The molecule has 1 N–H and O–H groups in total. The number of halogens is 5. The van der Waals surface area contributed by atoms with Crippen LogP contribution in [0.15, 0.2) is 36.4 Å². The van der Waals surface area contributed by atoms with Gasteiger partial charge in [0.1, 0.15) is 4.33 Å². The van der Waals surface area contributed by atoms with Gasteiger partial charge < -0.3 is 5.32 Å². The van der Waals surface area contributed by atoms with Crippen LogP contribution < -0.4 is 5.32 Å². The van der Waals surface area contributed by atoms with E-state index in [2.05, 4.69) is 5.32 Å². The highest BCUT2D eigenvalue weighted by atomic mass is 35.5. The number of alkyl halides is 2. The maximum absolute atomic E-state index is 12.8. The summed E-state index contributed by atoms with van der Waals surface area (Å²) in [5, 5.41) is 12.5. The molecule has 1 saturated carbocycles. The molecule has 9 heteroatoms. The van der Waals surface area contributed by atoms with E-state index < -0.39 is 22.1 Å². The van der Waals surface area contributed by atoms with E-state index in [-0.39, 0.29) is 29.2 Å². The molecule has 2 aromatic rings. The van der Waals surface area contributed by atoms with E-state index in [0.29, 0.717) is 27.7 Å². The number of nitriles is 1. The maximum Gasteiger partial charge on any atom is 0.231 e. The van der Waals surface area contributed by atoms with Crippen LogP contribution in [0.1, 0.15) is 41.1 Å². The van der Waals surface area contributed by atoms with Gasteiger partial charge in [-0.15, -0.1) is 23.2 Å². The average Bonchev–Trinajstić information content (AvgIpc) is 3.25. The molecule has 0 radical (unpaired) electrons. The van der Waals surface area contributed by atoms with E-state index in [1.807, 2.05) is 6.07 Å². The molecule has 0 aromatic heterocycles. The monoisotopic (exact) mass is 502 g/mol. The fourth-order valence-electron chi connectivity index (χ4n) is 3.32. The summed E-state index contributed by atoms with van der Waals surface area (Å²) in [5.41, 5.74) is 1.35. The summed E-state index contributed by atoms with van der Waals surface area (Å²) in [5.74, 6) is -1.79. The van der Waals surface area contributed by atoms with Crippen LogP contribution in [-0.4, -0.2) is 16.0 Å². The van der Waals surface area contributed by atoms with Gasteiger partial charge in [0.2, 0.25) is 5.91 Å². The van der Waals surface area contributed by atoms with Gasteiger partial charge in [-0.2, -0.15) is 5.26 Å². The van der Waals surface area contributed by atoms with Gasteiger partial charge in [0.15, 0.2) is 5.78 Å². The summed E-state index contributed by atoms with van der Waals surface area (Å²) in [6, 6.07) is 11.5. The van der Waals surface area contributed by atoms with E-state index in [0.717, 1.165) is 0 Å². The van der Waals surface area contributed by atoms with E-state index in [4.69, 9.17) is 63.3 Å². The molecule has 0 heterocycles. The first kappa shape index (κ1) is 23.2. The molecule has 1 amide bonds. The number of hydrogen-bond acceptors (Lipinski definition) is 3. The van der Waals surface area contributed by atoms with Gasteiger partial charge in [-0.3, -0.25) is 9.59 Å². The van der Waals surface area contributed by atoms with Gasteiger partial charge in [-0.1, -0.05) is 34.8 Å². The van der Waals surface area contributed by atoms with Gasteiger partial charge in [0.05, 0.1) is 17.0 Å². The molecular weight excluding hydrogens is 490 g/mol. The molecule has 0 bridgehead atoms.